The van der Waals surface area contributed by atoms with Crippen molar-refractivity contribution in [1.29, 1.82) is 0 Å². The number of alkyl halides is 3. The largest absolute Gasteiger partial charge is 0.416 e. The van der Waals surface area contributed by atoms with E-state index in [1.807, 2.05) is 0 Å². The van der Waals surface area contributed by atoms with Crippen molar-refractivity contribution in [1.82, 2.24) is 0 Å². The summed E-state index contributed by atoms with van der Waals surface area (Å²) in [6.07, 6.45) is -4.47. The van der Waals surface area contributed by atoms with Gasteiger partial charge in [-0.25, -0.2) is 4.39 Å². The van der Waals surface area contributed by atoms with Gasteiger partial charge in [-0.2, -0.15) is 13.2 Å². The zero-order valence-corrected chi connectivity index (χ0v) is 8.27. The van der Waals surface area contributed by atoms with Crippen molar-refractivity contribution in [2.45, 2.75) is 6.18 Å². The van der Waals surface area contributed by atoms with Crippen molar-refractivity contribution >= 4 is 30.5 Å². The fourth-order valence-corrected chi connectivity index (χ4v) is 0.720. The van der Waals surface area contributed by atoms with E-state index in [-0.39, 0.29) is 24.8 Å². The van der Waals surface area contributed by atoms with Crippen LogP contribution < -0.4 is 5.73 Å². The highest BCUT2D eigenvalue weighted by Crippen LogP contribution is 2.30. The highest BCUT2D eigenvalue weighted by Gasteiger charge is 2.30. The molecule has 2 N–H and O–H groups in total. The average molecular weight is 252 g/mol. The van der Waals surface area contributed by atoms with Crippen molar-refractivity contribution < 1.29 is 17.6 Å². The number of benzene rings is 1. The molecule has 0 atom stereocenters. The molecule has 0 saturated heterocycles. The Morgan fingerprint density at radius 1 is 1.07 bits per heavy atom. The van der Waals surface area contributed by atoms with E-state index in [2.05, 4.69) is 0 Å². The molecule has 0 aliphatic heterocycles. The van der Waals surface area contributed by atoms with Crippen LogP contribution in [0.15, 0.2) is 18.2 Å². The van der Waals surface area contributed by atoms with Crippen LogP contribution in [0.5, 0.6) is 0 Å². The van der Waals surface area contributed by atoms with Gasteiger partial charge in [-0.05, 0) is 18.2 Å². The van der Waals surface area contributed by atoms with Gasteiger partial charge in [-0.15, -0.1) is 24.8 Å². The van der Waals surface area contributed by atoms with E-state index in [0.29, 0.717) is 18.2 Å². The molecule has 1 aromatic carbocycles. The minimum absolute atomic E-state index is 0. The minimum atomic E-state index is -4.47. The van der Waals surface area contributed by atoms with Crippen molar-refractivity contribution in [2.75, 3.05) is 5.73 Å². The molecule has 0 unspecified atom stereocenters. The van der Waals surface area contributed by atoms with Crippen LogP contribution in [0, 0.1) is 5.82 Å². The fraction of sp³-hybridized carbons (Fsp3) is 0.143. The van der Waals surface area contributed by atoms with Gasteiger partial charge in [0, 0.05) is 0 Å². The maximum atomic E-state index is 12.4. The van der Waals surface area contributed by atoms with Gasteiger partial charge in [-0.3, -0.25) is 0 Å². The Kier molecular flexibility index (Phi) is 5.93. The van der Waals surface area contributed by atoms with E-state index in [1.165, 1.54) is 0 Å². The van der Waals surface area contributed by atoms with Crippen molar-refractivity contribution in [3.63, 3.8) is 0 Å². The van der Waals surface area contributed by atoms with E-state index in [1.54, 1.807) is 0 Å². The van der Waals surface area contributed by atoms with Gasteiger partial charge in [0.2, 0.25) is 0 Å². The zero-order valence-electron chi connectivity index (χ0n) is 6.64. The lowest BCUT2D eigenvalue weighted by atomic mass is 10.2. The first-order chi connectivity index (χ1) is 5.41. The van der Waals surface area contributed by atoms with E-state index in [9.17, 15) is 17.6 Å². The van der Waals surface area contributed by atoms with Gasteiger partial charge in [0.1, 0.15) is 5.82 Å². The number of hydrogen-bond donors (Lipinski definition) is 1. The molecule has 0 fully saturated rings. The van der Waals surface area contributed by atoms with Crippen LogP contribution >= 0.6 is 24.8 Å². The van der Waals surface area contributed by atoms with E-state index in [4.69, 9.17) is 5.73 Å². The highest BCUT2D eigenvalue weighted by molar-refractivity contribution is 5.85. The molecular weight excluding hydrogens is 245 g/mol. The molecule has 1 aromatic rings. The molecule has 0 aliphatic carbocycles. The quantitative estimate of drug-likeness (QED) is 0.556. The van der Waals surface area contributed by atoms with Gasteiger partial charge < -0.3 is 5.73 Å². The summed E-state index contributed by atoms with van der Waals surface area (Å²) in [7, 11) is 0. The molecule has 0 spiro atoms. The second-order valence-corrected chi connectivity index (χ2v) is 2.23. The van der Waals surface area contributed by atoms with Crippen LogP contribution in [0.1, 0.15) is 5.56 Å². The number of nitrogens with two attached hydrogens (primary N) is 1. The normalized spacial score (nSPS) is 10.0. The Morgan fingerprint density at radius 2 is 1.57 bits per heavy atom. The molecule has 0 radical (unpaired) electrons. The Labute approximate surface area is 90.1 Å². The van der Waals surface area contributed by atoms with Gasteiger partial charge >= 0.3 is 6.18 Å². The summed E-state index contributed by atoms with van der Waals surface area (Å²) in [6.45, 7) is 0. The van der Waals surface area contributed by atoms with Crippen LogP contribution in [0.4, 0.5) is 23.2 Å². The second kappa shape index (κ2) is 5.26. The minimum Gasteiger partial charge on any atom is -0.396 e. The molecule has 0 bridgehead atoms. The molecule has 1 rings (SSSR count). The van der Waals surface area contributed by atoms with Crippen LogP contribution in [0.25, 0.3) is 0 Å². The third kappa shape index (κ3) is 3.59. The van der Waals surface area contributed by atoms with Crippen LogP contribution in [-0.2, 0) is 6.18 Å². The molecule has 7 heteroatoms. The Bertz CT molecular complexity index is 300. The molecule has 0 aliphatic rings. The molecule has 0 amide bonds. The van der Waals surface area contributed by atoms with Crippen LogP contribution in [0.3, 0.4) is 0 Å². The summed E-state index contributed by atoms with van der Waals surface area (Å²) in [5.74, 6) is -0.844. The lowest BCUT2D eigenvalue weighted by Gasteiger charge is -2.06. The van der Waals surface area contributed by atoms with Gasteiger partial charge in [-0.1, -0.05) is 0 Å². The predicted octanol–water partition coefficient (Wildman–Crippen LogP) is 3.27. The van der Waals surface area contributed by atoms with E-state index in [0.717, 1.165) is 0 Å². The summed E-state index contributed by atoms with van der Waals surface area (Å²) >= 11 is 0. The van der Waals surface area contributed by atoms with Crippen molar-refractivity contribution in [3.05, 3.63) is 29.6 Å². The summed E-state index contributed by atoms with van der Waals surface area (Å²) in [4.78, 5) is 0. The Balaban J connectivity index is 0. The van der Waals surface area contributed by atoms with Crippen molar-refractivity contribution in [3.8, 4) is 0 Å². The van der Waals surface area contributed by atoms with E-state index >= 15 is 0 Å². The van der Waals surface area contributed by atoms with Crippen LogP contribution in [-0.4, -0.2) is 0 Å². The first kappa shape index (κ1) is 15.8. The maximum absolute atomic E-state index is 12.4. The van der Waals surface area contributed by atoms with Gasteiger partial charge in [0.05, 0.1) is 11.3 Å². The lowest BCUT2D eigenvalue weighted by molar-refractivity contribution is -0.137. The molecular formula is C7H7Cl2F4N. The number of nitrogen functional groups attached to an aromatic ring is 1. The Morgan fingerprint density at radius 3 is 1.93 bits per heavy atom. The fourth-order valence-electron chi connectivity index (χ4n) is 0.720. The SMILES string of the molecule is Cl.Cl.Nc1cc(C(F)(F)F)ccc1F. The molecule has 1 nitrogen and oxygen atoms in total. The molecule has 14 heavy (non-hydrogen) atoms. The highest BCUT2D eigenvalue weighted by atomic mass is 35.5. The maximum Gasteiger partial charge on any atom is 0.416 e. The smallest absolute Gasteiger partial charge is 0.396 e. The summed E-state index contributed by atoms with van der Waals surface area (Å²) in [6, 6.07) is 1.90. The molecule has 0 aromatic heterocycles. The van der Waals surface area contributed by atoms with Crippen LogP contribution in [0.2, 0.25) is 0 Å². The third-order valence-corrected chi connectivity index (χ3v) is 1.32. The van der Waals surface area contributed by atoms with E-state index < -0.39 is 23.2 Å². The summed E-state index contributed by atoms with van der Waals surface area (Å²) in [5, 5.41) is 0. The predicted molar refractivity (Wildman–Crippen MR) is 50.3 cm³/mol. The monoisotopic (exact) mass is 251 g/mol. The molecule has 82 valence electrons. The van der Waals surface area contributed by atoms with Gasteiger partial charge in [0.25, 0.3) is 0 Å². The van der Waals surface area contributed by atoms with Gasteiger partial charge in [0.15, 0.2) is 0 Å². The summed E-state index contributed by atoms with van der Waals surface area (Å²) in [5.41, 5.74) is 3.50. The van der Waals surface area contributed by atoms with Crippen molar-refractivity contribution in [2.24, 2.45) is 0 Å². The number of halogens is 6. The Hall–Kier alpha value is -0.680. The first-order valence-corrected chi connectivity index (χ1v) is 3.03. The zero-order chi connectivity index (χ0) is 9.35. The molecule has 0 heterocycles. The standard InChI is InChI=1S/C7H5F4N.2ClH/c8-5-2-1-4(3-6(5)12)7(9,10)11;;/h1-3H,12H2;2*1H. The number of hydrogen-bond acceptors (Lipinski definition) is 1. The second-order valence-electron chi connectivity index (χ2n) is 2.23. The molecule has 0 saturated carbocycles. The third-order valence-electron chi connectivity index (χ3n) is 1.32. The number of rotatable bonds is 0. The summed E-state index contributed by atoms with van der Waals surface area (Å²) < 4.78 is 48.2. The average Bonchev–Trinajstić information content (AvgIpc) is 1.92. The topological polar surface area (TPSA) is 26.0 Å². The lowest BCUT2D eigenvalue weighted by Crippen LogP contribution is -2.06. The number of anilines is 1. The first-order valence-electron chi connectivity index (χ1n) is 3.03.